The molecular weight excluding hydrogens is 342 g/mol. The fraction of sp³-hybridized carbons (Fsp3) is 0.133. The molecule has 0 aromatic heterocycles. The van der Waals surface area contributed by atoms with Gasteiger partial charge in [0.2, 0.25) is 0 Å². The largest absolute Gasteiger partial charge is 0.508 e. The molecule has 0 fully saturated rings. The molecule has 3 nitrogen and oxygen atoms in total. The van der Waals surface area contributed by atoms with Crippen LogP contribution in [0.3, 0.4) is 0 Å². The summed E-state index contributed by atoms with van der Waals surface area (Å²) >= 11 is 9.31. The van der Waals surface area contributed by atoms with Crippen LogP contribution in [0.2, 0.25) is 5.02 Å². The van der Waals surface area contributed by atoms with Gasteiger partial charge in [0.15, 0.2) is 0 Å². The standard InChI is InChI=1S/C15H13BrClNO2/c16-11-3-6-14(17)13(9-11)15(20)18-8-7-10-1-4-12(19)5-2-10/h1-6,9,19H,7-8H2,(H,18,20). The summed E-state index contributed by atoms with van der Waals surface area (Å²) in [6, 6.07) is 12.1. The number of nitrogens with one attached hydrogen (secondary N) is 1. The minimum absolute atomic E-state index is 0.199. The van der Waals surface area contributed by atoms with Crippen LogP contribution in [-0.2, 0) is 6.42 Å². The van der Waals surface area contributed by atoms with Crippen molar-refractivity contribution in [3.63, 3.8) is 0 Å². The van der Waals surface area contributed by atoms with Gasteiger partial charge in [-0.25, -0.2) is 0 Å². The number of halogens is 2. The first-order chi connectivity index (χ1) is 9.56. The number of rotatable bonds is 4. The van der Waals surface area contributed by atoms with Crippen LogP contribution in [0.1, 0.15) is 15.9 Å². The van der Waals surface area contributed by atoms with E-state index in [9.17, 15) is 9.90 Å². The highest BCUT2D eigenvalue weighted by Crippen LogP contribution is 2.20. The number of phenols is 1. The molecule has 0 spiro atoms. The summed E-state index contributed by atoms with van der Waals surface area (Å²) in [7, 11) is 0. The molecule has 0 saturated carbocycles. The van der Waals surface area contributed by atoms with Crippen molar-refractivity contribution in [3.8, 4) is 5.75 Å². The van der Waals surface area contributed by atoms with Crippen molar-refractivity contribution in [1.29, 1.82) is 0 Å². The van der Waals surface area contributed by atoms with Gasteiger partial charge in [-0.15, -0.1) is 0 Å². The zero-order chi connectivity index (χ0) is 14.5. The van der Waals surface area contributed by atoms with Crippen LogP contribution < -0.4 is 5.32 Å². The Kier molecular flexibility index (Phi) is 5.04. The summed E-state index contributed by atoms with van der Waals surface area (Å²) < 4.78 is 0.811. The Morgan fingerprint density at radius 1 is 1.20 bits per heavy atom. The van der Waals surface area contributed by atoms with E-state index < -0.39 is 0 Å². The van der Waals surface area contributed by atoms with Gasteiger partial charge >= 0.3 is 0 Å². The molecule has 0 unspecified atom stereocenters. The number of carbonyl (C=O) groups is 1. The molecule has 2 aromatic carbocycles. The molecule has 1 amide bonds. The SMILES string of the molecule is O=C(NCCc1ccc(O)cc1)c1cc(Br)ccc1Cl. The van der Waals surface area contributed by atoms with Crippen LogP contribution >= 0.6 is 27.5 Å². The van der Waals surface area contributed by atoms with Gasteiger partial charge < -0.3 is 10.4 Å². The van der Waals surface area contributed by atoms with Gasteiger partial charge in [0.25, 0.3) is 5.91 Å². The Morgan fingerprint density at radius 2 is 1.90 bits per heavy atom. The van der Waals surface area contributed by atoms with Crippen molar-refractivity contribution < 1.29 is 9.90 Å². The first kappa shape index (κ1) is 14.9. The van der Waals surface area contributed by atoms with Gasteiger partial charge in [-0.2, -0.15) is 0 Å². The maximum Gasteiger partial charge on any atom is 0.252 e. The Balaban J connectivity index is 1.92. The van der Waals surface area contributed by atoms with E-state index in [1.165, 1.54) is 0 Å². The molecule has 104 valence electrons. The lowest BCUT2D eigenvalue weighted by molar-refractivity contribution is 0.0954. The number of phenolic OH excluding ortho intramolecular Hbond substituents is 1. The molecule has 5 heteroatoms. The Hall–Kier alpha value is -1.52. The van der Waals surface area contributed by atoms with E-state index in [2.05, 4.69) is 21.2 Å². The van der Waals surface area contributed by atoms with Gasteiger partial charge in [0.1, 0.15) is 5.75 Å². The van der Waals surface area contributed by atoms with Crippen molar-refractivity contribution in [2.45, 2.75) is 6.42 Å². The van der Waals surface area contributed by atoms with E-state index in [4.69, 9.17) is 11.6 Å². The maximum absolute atomic E-state index is 12.0. The monoisotopic (exact) mass is 353 g/mol. The first-order valence-electron chi connectivity index (χ1n) is 6.07. The lowest BCUT2D eigenvalue weighted by atomic mass is 10.1. The Morgan fingerprint density at radius 3 is 2.60 bits per heavy atom. The van der Waals surface area contributed by atoms with Crippen LogP contribution in [0.25, 0.3) is 0 Å². The summed E-state index contributed by atoms with van der Waals surface area (Å²) in [6.45, 7) is 0.506. The van der Waals surface area contributed by atoms with Gasteiger partial charge in [-0.3, -0.25) is 4.79 Å². The molecule has 0 aliphatic heterocycles. The molecule has 2 aromatic rings. The molecule has 2 rings (SSSR count). The van der Waals surface area contributed by atoms with Crippen molar-refractivity contribution in [3.05, 3.63) is 63.1 Å². The fourth-order valence-corrected chi connectivity index (χ4v) is 2.31. The average Bonchev–Trinajstić information content (AvgIpc) is 2.43. The van der Waals surface area contributed by atoms with E-state index in [0.29, 0.717) is 23.6 Å². The molecule has 2 N–H and O–H groups in total. The van der Waals surface area contributed by atoms with E-state index in [1.807, 2.05) is 12.1 Å². The zero-order valence-corrected chi connectivity index (χ0v) is 12.9. The van der Waals surface area contributed by atoms with Gasteiger partial charge in [-0.05, 0) is 42.3 Å². The summed E-state index contributed by atoms with van der Waals surface area (Å²) in [4.78, 5) is 12.0. The average molecular weight is 355 g/mol. The predicted molar refractivity (Wildman–Crippen MR) is 83.3 cm³/mol. The number of amides is 1. The topological polar surface area (TPSA) is 49.3 Å². The van der Waals surface area contributed by atoms with Crippen LogP contribution in [0.15, 0.2) is 46.9 Å². The molecule has 0 atom stereocenters. The van der Waals surface area contributed by atoms with E-state index in [0.717, 1.165) is 10.0 Å². The second kappa shape index (κ2) is 6.77. The van der Waals surface area contributed by atoms with Crippen molar-refractivity contribution in [2.75, 3.05) is 6.54 Å². The highest BCUT2D eigenvalue weighted by Gasteiger charge is 2.10. The molecule has 0 aliphatic carbocycles. The van der Waals surface area contributed by atoms with E-state index >= 15 is 0 Å². The van der Waals surface area contributed by atoms with Crippen molar-refractivity contribution >= 4 is 33.4 Å². The maximum atomic E-state index is 12.0. The number of carbonyl (C=O) groups excluding carboxylic acids is 1. The van der Waals surface area contributed by atoms with E-state index in [1.54, 1.807) is 30.3 Å². The third kappa shape index (κ3) is 3.99. The van der Waals surface area contributed by atoms with Crippen LogP contribution in [0.5, 0.6) is 5.75 Å². The number of hydrogen-bond donors (Lipinski definition) is 2. The minimum Gasteiger partial charge on any atom is -0.508 e. The first-order valence-corrected chi connectivity index (χ1v) is 7.24. The summed E-state index contributed by atoms with van der Waals surface area (Å²) in [5, 5.41) is 12.4. The summed E-state index contributed by atoms with van der Waals surface area (Å²) in [5.74, 6) is 0.0359. The zero-order valence-electron chi connectivity index (χ0n) is 10.6. The van der Waals surface area contributed by atoms with Gasteiger partial charge in [-0.1, -0.05) is 39.7 Å². The Labute approximate surface area is 130 Å². The molecule has 0 saturated heterocycles. The Bertz CT molecular complexity index is 614. The number of hydrogen-bond acceptors (Lipinski definition) is 2. The minimum atomic E-state index is -0.199. The van der Waals surface area contributed by atoms with Crippen molar-refractivity contribution in [2.24, 2.45) is 0 Å². The second-order valence-electron chi connectivity index (χ2n) is 4.30. The van der Waals surface area contributed by atoms with Crippen LogP contribution in [0, 0.1) is 0 Å². The van der Waals surface area contributed by atoms with Gasteiger partial charge in [0, 0.05) is 11.0 Å². The number of aromatic hydroxyl groups is 1. The smallest absolute Gasteiger partial charge is 0.252 e. The molecule has 0 radical (unpaired) electrons. The lowest BCUT2D eigenvalue weighted by Crippen LogP contribution is -2.26. The molecule has 0 aliphatic rings. The molecular formula is C15H13BrClNO2. The van der Waals surface area contributed by atoms with Crippen molar-refractivity contribution in [1.82, 2.24) is 5.32 Å². The summed E-state index contributed by atoms with van der Waals surface area (Å²) in [5.41, 5.74) is 1.50. The van der Waals surface area contributed by atoms with Crippen LogP contribution in [-0.4, -0.2) is 17.6 Å². The van der Waals surface area contributed by atoms with E-state index in [-0.39, 0.29) is 11.7 Å². The third-order valence-electron chi connectivity index (χ3n) is 2.81. The fourth-order valence-electron chi connectivity index (χ4n) is 1.75. The van der Waals surface area contributed by atoms with Gasteiger partial charge in [0.05, 0.1) is 10.6 Å². The number of benzene rings is 2. The molecule has 0 bridgehead atoms. The molecule has 20 heavy (non-hydrogen) atoms. The summed E-state index contributed by atoms with van der Waals surface area (Å²) in [6.07, 6.45) is 0.692. The third-order valence-corrected chi connectivity index (χ3v) is 3.63. The highest BCUT2D eigenvalue weighted by atomic mass is 79.9. The highest BCUT2D eigenvalue weighted by molar-refractivity contribution is 9.10. The lowest BCUT2D eigenvalue weighted by Gasteiger charge is -2.07. The predicted octanol–water partition coefficient (Wildman–Crippen LogP) is 3.78. The normalized spacial score (nSPS) is 10.3. The van der Waals surface area contributed by atoms with Crippen LogP contribution in [0.4, 0.5) is 0 Å². The molecule has 0 heterocycles. The quantitative estimate of drug-likeness (QED) is 0.878. The second-order valence-corrected chi connectivity index (χ2v) is 5.62.